The summed E-state index contributed by atoms with van der Waals surface area (Å²) in [6.45, 7) is 6.44. The van der Waals surface area contributed by atoms with Gasteiger partial charge >= 0.3 is 17.9 Å². The summed E-state index contributed by atoms with van der Waals surface area (Å²) in [5, 5.41) is 0. The summed E-state index contributed by atoms with van der Waals surface area (Å²) in [5.41, 5.74) is 0. The fourth-order valence-corrected chi connectivity index (χ4v) is 7.25. The van der Waals surface area contributed by atoms with Gasteiger partial charge in [0.25, 0.3) is 0 Å². The van der Waals surface area contributed by atoms with E-state index in [4.69, 9.17) is 14.2 Å². The first-order valence-electron chi connectivity index (χ1n) is 27.2. The molecule has 0 spiro atoms. The van der Waals surface area contributed by atoms with E-state index in [9.17, 15) is 14.4 Å². The Morgan fingerprint density at radius 3 is 1.00 bits per heavy atom. The molecule has 0 aliphatic heterocycles. The smallest absolute Gasteiger partial charge is 0.306 e. The Hall–Kier alpha value is -3.67. The van der Waals surface area contributed by atoms with E-state index in [0.29, 0.717) is 19.3 Å². The standard InChI is InChI=1S/C60H100O6/c1-4-7-10-13-16-19-21-23-25-27-28-29-30-31-32-33-35-36-38-41-44-47-50-53-59(62)65-56-57(55-64-58(61)52-49-46-43-40-18-15-12-9-6-3)66-60(63)54-51-48-45-42-39-37-34-26-24-22-20-17-14-11-8-5-2/h7,10,16,19,23,25-26,28-29,31-32,34-36,41,44,57H,4-6,8-9,11-15,17-18,20-22,24,27,30,33,37-40,42-43,45-56H2,1-3H3/b10-7-,19-16-,25-23-,29-28-,32-31-,34-26-,36-35-,44-41-. The van der Waals surface area contributed by atoms with E-state index >= 15 is 0 Å². The van der Waals surface area contributed by atoms with Crippen LogP contribution in [0.5, 0.6) is 0 Å². The number of rotatable bonds is 48. The molecule has 0 aliphatic rings. The zero-order valence-electron chi connectivity index (χ0n) is 42.9. The van der Waals surface area contributed by atoms with Crippen LogP contribution in [0.4, 0.5) is 0 Å². The van der Waals surface area contributed by atoms with Gasteiger partial charge in [0.1, 0.15) is 13.2 Å². The molecule has 0 aliphatic carbocycles. The molecule has 66 heavy (non-hydrogen) atoms. The molecule has 0 rings (SSSR count). The highest BCUT2D eigenvalue weighted by atomic mass is 16.6. The maximum Gasteiger partial charge on any atom is 0.306 e. The van der Waals surface area contributed by atoms with Gasteiger partial charge in [0, 0.05) is 19.3 Å². The van der Waals surface area contributed by atoms with E-state index in [1.165, 1.54) is 96.3 Å². The van der Waals surface area contributed by atoms with Gasteiger partial charge in [0.05, 0.1) is 0 Å². The van der Waals surface area contributed by atoms with Crippen molar-refractivity contribution in [3.63, 3.8) is 0 Å². The monoisotopic (exact) mass is 917 g/mol. The predicted octanol–water partition coefficient (Wildman–Crippen LogP) is 18.1. The van der Waals surface area contributed by atoms with Crippen LogP contribution in [0.15, 0.2) is 97.2 Å². The summed E-state index contributed by atoms with van der Waals surface area (Å²) in [4.78, 5) is 37.9. The fraction of sp³-hybridized carbons (Fsp3) is 0.683. The number of carbonyl (C=O) groups is 3. The first-order chi connectivity index (χ1) is 32.5. The number of hydrogen-bond donors (Lipinski definition) is 0. The van der Waals surface area contributed by atoms with Crippen molar-refractivity contribution in [1.29, 1.82) is 0 Å². The minimum absolute atomic E-state index is 0.0981. The summed E-state index contributed by atoms with van der Waals surface area (Å²) < 4.78 is 16.7. The second-order valence-corrected chi connectivity index (χ2v) is 17.8. The van der Waals surface area contributed by atoms with Crippen molar-refractivity contribution in [2.75, 3.05) is 13.2 Å². The second kappa shape index (κ2) is 53.9. The molecule has 0 bridgehead atoms. The molecule has 0 radical (unpaired) electrons. The minimum atomic E-state index is -0.803. The fourth-order valence-electron chi connectivity index (χ4n) is 7.25. The van der Waals surface area contributed by atoms with Gasteiger partial charge in [0.15, 0.2) is 6.10 Å². The van der Waals surface area contributed by atoms with E-state index in [1.807, 2.05) is 0 Å². The Kier molecular flexibility index (Phi) is 50.9. The molecule has 0 aromatic heterocycles. The highest BCUT2D eigenvalue weighted by Crippen LogP contribution is 2.14. The van der Waals surface area contributed by atoms with E-state index in [2.05, 4.69) is 118 Å². The van der Waals surface area contributed by atoms with Crippen molar-refractivity contribution in [3.05, 3.63) is 97.2 Å². The molecular formula is C60H100O6. The molecular weight excluding hydrogens is 817 g/mol. The largest absolute Gasteiger partial charge is 0.462 e. The van der Waals surface area contributed by atoms with Crippen molar-refractivity contribution < 1.29 is 28.6 Å². The van der Waals surface area contributed by atoms with Crippen LogP contribution in [-0.2, 0) is 28.6 Å². The maximum atomic E-state index is 12.8. The predicted molar refractivity (Wildman–Crippen MR) is 284 cm³/mol. The normalized spacial score (nSPS) is 12.8. The van der Waals surface area contributed by atoms with Gasteiger partial charge in [-0.1, -0.05) is 227 Å². The molecule has 0 amide bonds. The molecule has 376 valence electrons. The zero-order valence-corrected chi connectivity index (χ0v) is 42.9. The Morgan fingerprint density at radius 1 is 0.318 bits per heavy atom. The maximum absolute atomic E-state index is 12.8. The zero-order chi connectivity index (χ0) is 47.9. The molecule has 0 aromatic carbocycles. The molecule has 0 heterocycles. The summed E-state index contributed by atoms with van der Waals surface area (Å²) in [7, 11) is 0. The van der Waals surface area contributed by atoms with Crippen molar-refractivity contribution in [2.24, 2.45) is 0 Å². The average Bonchev–Trinajstić information content (AvgIpc) is 3.31. The third-order valence-electron chi connectivity index (χ3n) is 11.3. The van der Waals surface area contributed by atoms with E-state index in [-0.39, 0.29) is 37.5 Å². The number of esters is 3. The number of unbranched alkanes of at least 4 members (excludes halogenated alkanes) is 21. The first-order valence-corrected chi connectivity index (χ1v) is 27.2. The Bertz CT molecular complexity index is 1330. The highest BCUT2D eigenvalue weighted by Gasteiger charge is 2.19. The third-order valence-corrected chi connectivity index (χ3v) is 11.3. The topological polar surface area (TPSA) is 78.9 Å². The molecule has 0 aromatic rings. The van der Waals surface area contributed by atoms with Crippen LogP contribution < -0.4 is 0 Å². The Morgan fingerprint density at radius 2 is 0.606 bits per heavy atom. The number of hydrogen-bond acceptors (Lipinski definition) is 6. The van der Waals surface area contributed by atoms with Crippen molar-refractivity contribution in [3.8, 4) is 0 Å². The quantitative estimate of drug-likeness (QED) is 0.0262. The van der Waals surface area contributed by atoms with Gasteiger partial charge in [-0.25, -0.2) is 0 Å². The van der Waals surface area contributed by atoms with Gasteiger partial charge in [-0.15, -0.1) is 0 Å². The van der Waals surface area contributed by atoms with Crippen LogP contribution in [0.25, 0.3) is 0 Å². The van der Waals surface area contributed by atoms with E-state index in [0.717, 1.165) is 103 Å². The van der Waals surface area contributed by atoms with Gasteiger partial charge in [-0.2, -0.15) is 0 Å². The molecule has 6 nitrogen and oxygen atoms in total. The summed E-state index contributed by atoms with van der Waals surface area (Å²) >= 11 is 0. The minimum Gasteiger partial charge on any atom is -0.462 e. The van der Waals surface area contributed by atoms with Crippen molar-refractivity contribution in [1.82, 2.24) is 0 Å². The lowest BCUT2D eigenvalue weighted by atomic mass is 10.1. The number of carbonyl (C=O) groups excluding carboxylic acids is 3. The lowest BCUT2D eigenvalue weighted by Crippen LogP contribution is -2.30. The van der Waals surface area contributed by atoms with E-state index < -0.39 is 6.10 Å². The lowest BCUT2D eigenvalue weighted by molar-refractivity contribution is -0.167. The summed E-state index contributed by atoms with van der Waals surface area (Å²) in [6.07, 6.45) is 71.2. The molecule has 0 fully saturated rings. The highest BCUT2D eigenvalue weighted by molar-refractivity contribution is 5.71. The van der Waals surface area contributed by atoms with Crippen LogP contribution in [0.2, 0.25) is 0 Å². The van der Waals surface area contributed by atoms with Crippen molar-refractivity contribution >= 4 is 17.9 Å². The average molecular weight is 917 g/mol. The van der Waals surface area contributed by atoms with Crippen molar-refractivity contribution in [2.45, 2.75) is 252 Å². The molecule has 0 saturated carbocycles. The van der Waals surface area contributed by atoms with Gasteiger partial charge in [0.2, 0.25) is 0 Å². The van der Waals surface area contributed by atoms with Crippen LogP contribution in [0.3, 0.4) is 0 Å². The molecule has 1 atom stereocenters. The summed E-state index contributed by atoms with van der Waals surface area (Å²) in [6, 6.07) is 0. The van der Waals surface area contributed by atoms with Gasteiger partial charge < -0.3 is 14.2 Å². The van der Waals surface area contributed by atoms with Crippen LogP contribution in [-0.4, -0.2) is 37.2 Å². The lowest BCUT2D eigenvalue weighted by Gasteiger charge is -2.18. The number of ether oxygens (including phenoxy) is 3. The van der Waals surface area contributed by atoms with Crippen LogP contribution in [0, 0.1) is 0 Å². The second-order valence-electron chi connectivity index (χ2n) is 17.8. The van der Waals surface area contributed by atoms with E-state index in [1.54, 1.807) is 0 Å². The Balaban J connectivity index is 4.42. The molecule has 6 heteroatoms. The van der Waals surface area contributed by atoms with Gasteiger partial charge in [-0.05, 0) is 96.3 Å². The number of allylic oxidation sites excluding steroid dienone is 16. The van der Waals surface area contributed by atoms with Crippen LogP contribution in [0.1, 0.15) is 245 Å². The molecule has 0 saturated heterocycles. The summed E-state index contributed by atoms with van der Waals surface area (Å²) in [5.74, 6) is -0.972. The molecule has 0 N–H and O–H groups in total. The third kappa shape index (κ3) is 51.3. The van der Waals surface area contributed by atoms with Crippen LogP contribution >= 0.6 is 0 Å². The SMILES string of the molecule is CC/C=C\C/C=C\C/C=C\C/C=C\C/C=C\C/C=C\C/C=C\CCCC(=O)OCC(COC(=O)CCCCCCCCCCC)OC(=O)CCCCCCC/C=C\CCCCCCCCC. The Labute approximate surface area is 407 Å². The van der Waals surface area contributed by atoms with Gasteiger partial charge in [-0.3, -0.25) is 14.4 Å². The molecule has 1 unspecified atom stereocenters. The first kappa shape index (κ1) is 62.3.